The molecule has 2 fully saturated rings. The van der Waals surface area contributed by atoms with Crippen LogP contribution in [-0.4, -0.2) is 38.9 Å². The normalized spacial score (nSPS) is 15.8. The van der Waals surface area contributed by atoms with Crippen LogP contribution in [0.1, 0.15) is 47.8 Å². The van der Waals surface area contributed by atoms with Crippen molar-refractivity contribution < 1.29 is 4.79 Å². The van der Waals surface area contributed by atoms with Gasteiger partial charge in [0, 0.05) is 30.4 Å². The Kier molecular flexibility index (Phi) is 4.96. The van der Waals surface area contributed by atoms with Crippen LogP contribution in [0.15, 0.2) is 49.2 Å². The molecule has 0 radical (unpaired) electrons. The third-order valence-corrected chi connectivity index (χ3v) is 5.40. The second-order valence-electron chi connectivity index (χ2n) is 7.72. The number of amides is 1. The number of anilines is 4. The van der Waals surface area contributed by atoms with Gasteiger partial charge in [0.1, 0.15) is 6.33 Å². The first-order chi connectivity index (χ1) is 14.8. The highest BCUT2D eigenvalue weighted by Gasteiger charge is 2.28. The number of rotatable bonds is 6. The van der Waals surface area contributed by atoms with E-state index in [1.54, 1.807) is 18.6 Å². The molecule has 3 heterocycles. The summed E-state index contributed by atoms with van der Waals surface area (Å²) in [5.74, 6) is 0.502. The Bertz CT molecular complexity index is 1050. The maximum absolute atomic E-state index is 13.2. The van der Waals surface area contributed by atoms with Gasteiger partial charge in [-0.25, -0.2) is 19.9 Å². The van der Waals surface area contributed by atoms with E-state index in [0.29, 0.717) is 17.4 Å². The third-order valence-electron chi connectivity index (χ3n) is 5.40. The van der Waals surface area contributed by atoms with Gasteiger partial charge in [-0.15, -0.1) is 0 Å². The van der Waals surface area contributed by atoms with Crippen molar-refractivity contribution in [2.24, 2.45) is 0 Å². The highest BCUT2D eigenvalue weighted by atomic mass is 16.1. The lowest BCUT2D eigenvalue weighted by Crippen LogP contribution is -2.19. The van der Waals surface area contributed by atoms with Gasteiger partial charge in [0.15, 0.2) is 11.5 Å². The molecule has 1 aliphatic heterocycles. The minimum Gasteiger partial charge on any atom is -0.371 e. The molecule has 30 heavy (non-hydrogen) atoms. The van der Waals surface area contributed by atoms with Crippen LogP contribution in [-0.2, 0) is 0 Å². The summed E-state index contributed by atoms with van der Waals surface area (Å²) in [6.07, 6.45) is 11.1. The monoisotopic (exact) mass is 401 g/mol. The lowest BCUT2D eigenvalue weighted by atomic mass is 10.2. The molecule has 5 rings (SSSR count). The predicted molar refractivity (Wildman–Crippen MR) is 115 cm³/mol. The second-order valence-corrected chi connectivity index (χ2v) is 7.72. The Morgan fingerprint density at radius 1 is 1.03 bits per heavy atom. The number of benzene rings is 1. The number of nitrogens with one attached hydrogen (secondary N) is 2. The number of hydrogen-bond donors (Lipinski definition) is 2. The van der Waals surface area contributed by atoms with E-state index in [9.17, 15) is 4.79 Å². The zero-order valence-electron chi connectivity index (χ0n) is 16.6. The van der Waals surface area contributed by atoms with Gasteiger partial charge in [0.05, 0.1) is 30.0 Å². The van der Waals surface area contributed by atoms with Crippen LogP contribution < -0.4 is 15.5 Å². The Labute approximate surface area is 174 Å². The van der Waals surface area contributed by atoms with Gasteiger partial charge >= 0.3 is 0 Å². The van der Waals surface area contributed by atoms with E-state index in [1.165, 1.54) is 19.2 Å². The standard InChI is InChI=1S/C22H23N7O/c30-22(27-16-4-3-5-18(10-16)29-8-1-2-9-29)20-21(26-17-11-23-14-24-12-17)25-13-19(28-20)15-6-7-15/h3-5,10-15H,1-2,6-9H2,(H,25,26)(H,27,30). The van der Waals surface area contributed by atoms with Crippen LogP contribution in [0.4, 0.5) is 22.9 Å². The van der Waals surface area contributed by atoms with Crippen LogP contribution >= 0.6 is 0 Å². The van der Waals surface area contributed by atoms with Gasteiger partial charge in [0.2, 0.25) is 0 Å². The molecule has 1 saturated heterocycles. The molecule has 0 spiro atoms. The van der Waals surface area contributed by atoms with E-state index < -0.39 is 0 Å². The SMILES string of the molecule is O=C(Nc1cccc(N2CCCC2)c1)c1nc(C2CC2)cnc1Nc1cncnc1. The van der Waals surface area contributed by atoms with Crippen molar-refractivity contribution in [2.75, 3.05) is 28.6 Å². The van der Waals surface area contributed by atoms with Crippen molar-refractivity contribution in [3.8, 4) is 0 Å². The molecule has 2 aliphatic rings. The van der Waals surface area contributed by atoms with E-state index in [-0.39, 0.29) is 11.6 Å². The molecule has 1 amide bonds. The number of aromatic nitrogens is 4. The van der Waals surface area contributed by atoms with Crippen molar-refractivity contribution in [2.45, 2.75) is 31.6 Å². The smallest absolute Gasteiger partial charge is 0.278 e. The van der Waals surface area contributed by atoms with E-state index in [4.69, 9.17) is 0 Å². The summed E-state index contributed by atoms with van der Waals surface area (Å²) in [6, 6.07) is 7.96. The van der Waals surface area contributed by atoms with Crippen LogP contribution in [0, 0.1) is 0 Å². The molecule has 8 nitrogen and oxygen atoms in total. The molecule has 2 N–H and O–H groups in total. The van der Waals surface area contributed by atoms with Crippen molar-refractivity contribution in [1.82, 2.24) is 19.9 Å². The first-order valence-electron chi connectivity index (χ1n) is 10.3. The Morgan fingerprint density at radius 3 is 2.60 bits per heavy atom. The molecule has 0 atom stereocenters. The van der Waals surface area contributed by atoms with Gasteiger partial charge in [-0.2, -0.15) is 0 Å². The fraction of sp³-hybridized carbons (Fsp3) is 0.318. The van der Waals surface area contributed by atoms with Crippen molar-refractivity contribution >= 4 is 28.8 Å². The summed E-state index contributed by atoms with van der Waals surface area (Å²) in [7, 11) is 0. The highest BCUT2D eigenvalue weighted by molar-refractivity contribution is 6.06. The third kappa shape index (κ3) is 4.07. The van der Waals surface area contributed by atoms with Crippen molar-refractivity contribution in [3.63, 3.8) is 0 Å². The summed E-state index contributed by atoms with van der Waals surface area (Å²) in [5.41, 5.74) is 3.66. The average Bonchev–Trinajstić information content (AvgIpc) is 3.48. The van der Waals surface area contributed by atoms with Gasteiger partial charge in [0.25, 0.3) is 5.91 Å². The average molecular weight is 401 g/mol. The van der Waals surface area contributed by atoms with Crippen molar-refractivity contribution in [3.05, 3.63) is 60.6 Å². The van der Waals surface area contributed by atoms with Crippen LogP contribution in [0.3, 0.4) is 0 Å². The lowest BCUT2D eigenvalue weighted by molar-refractivity contribution is 0.102. The van der Waals surface area contributed by atoms with Crippen LogP contribution in [0.5, 0.6) is 0 Å². The fourth-order valence-electron chi connectivity index (χ4n) is 3.67. The molecule has 1 aliphatic carbocycles. The maximum Gasteiger partial charge on any atom is 0.278 e. The lowest BCUT2D eigenvalue weighted by Gasteiger charge is -2.18. The molecule has 1 aromatic carbocycles. The van der Waals surface area contributed by atoms with E-state index >= 15 is 0 Å². The summed E-state index contributed by atoms with van der Waals surface area (Å²) >= 11 is 0. The summed E-state index contributed by atoms with van der Waals surface area (Å²) < 4.78 is 0. The molecule has 1 saturated carbocycles. The Balaban J connectivity index is 1.41. The van der Waals surface area contributed by atoms with Crippen molar-refractivity contribution in [1.29, 1.82) is 0 Å². The Morgan fingerprint density at radius 2 is 1.83 bits per heavy atom. The zero-order valence-corrected chi connectivity index (χ0v) is 16.6. The molecule has 0 unspecified atom stereocenters. The molecule has 3 aromatic rings. The number of hydrogen-bond acceptors (Lipinski definition) is 7. The summed E-state index contributed by atoms with van der Waals surface area (Å²) in [5, 5.41) is 6.11. The molecular formula is C22H23N7O. The topological polar surface area (TPSA) is 95.9 Å². The predicted octanol–water partition coefficient (Wildman–Crippen LogP) is 3.74. The Hall–Kier alpha value is -3.55. The molecule has 152 valence electrons. The minimum atomic E-state index is -0.289. The summed E-state index contributed by atoms with van der Waals surface area (Å²) in [4.78, 5) is 32.6. The van der Waals surface area contributed by atoms with Crippen LogP contribution in [0.2, 0.25) is 0 Å². The van der Waals surface area contributed by atoms with Crippen LogP contribution in [0.25, 0.3) is 0 Å². The summed E-state index contributed by atoms with van der Waals surface area (Å²) in [6.45, 7) is 2.11. The zero-order chi connectivity index (χ0) is 20.3. The van der Waals surface area contributed by atoms with E-state index in [0.717, 1.165) is 43.0 Å². The molecule has 2 aromatic heterocycles. The number of carbonyl (C=O) groups is 1. The minimum absolute atomic E-state index is 0.273. The van der Waals surface area contributed by atoms with E-state index in [1.807, 2.05) is 18.2 Å². The molecule has 8 heteroatoms. The van der Waals surface area contributed by atoms with Gasteiger partial charge in [-0.05, 0) is 43.9 Å². The maximum atomic E-state index is 13.2. The fourth-order valence-corrected chi connectivity index (χ4v) is 3.67. The number of carbonyl (C=O) groups excluding carboxylic acids is 1. The first-order valence-corrected chi connectivity index (χ1v) is 10.3. The quantitative estimate of drug-likeness (QED) is 0.649. The highest BCUT2D eigenvalue weighted by Crippen LogP contribution is 2.39. The van der Waals surface area contributed by atoms with E-state index in [2.05, 4.69) is 41.5 Å². The second kappa shape index (κ2) is 8.06. The van der Waals surface area contributed by atoms with Gasteiger partial charge in [-0.1, -0.05) is 6.07 Å². The molecular weight excluding hydrogens is 378 g/mol. The molecule has 0 bridgehead atoms. The van der Waals surface area contributed by atoms with Gasteiger partial charge in [-0.3, -0.25) is 4.79 Å². The largest absolute Gasteiger partial charge is 0.371 e. The van der Waals surface area contributed by atoms with Gasteiger partial charge < -0.3 is 15.5 Å². The number of nitrogens with zero attached hydrogens (tertiary/aromatic N) is 5. The first kappa shape index (κ1) is 18.5.